The number of benzene rings is 1. The predicted octanol–water partition coefficient (Wildman–Crippen LogP) is 5.35. The van der Waals surface area contributed by atoms with Gasteiger partial charge in [-0.2, -0.15) is 0 Å². The molecular formula is C24H32ClN3O2. The van der Waals surface area contributed by atoms with Gasteiger partial charge in [-0.3, -0.25) is 9.69 Å². The van der Waals surface area contributed by atoms with E-state index in [1.807, 2.05) is 31.2 Å². The quantitative estimate of drug-likeness (QED) is 0.650. The molecule has 1 aliphatic carbocycles. The molecule has 162 valence electrons. The molecule has 0 spiro atoms. The van der Waals surface area contributed by atoms with E-state index in [4.69, 9.17) is 21.0 Å². The largest absolute Gasteiger partial charge is 0.441 e. The van der Waals surface area contributed by atoms with Gasteiger partial charge in [0.2, 0.25) is 11.8 Å². The standard InChI is InChI=1S/C24H32ClN3O2/c1-17-22(27-24(30-17)19-8-10-20(25)11-9-19)16-28-14-12-18(13-15-28)23(29)26-21-6-4-2-3-5-7-21/h8-11,18,21H,2-7,12-16H2,1H3,(H,26,29). The molecule has 0 unspecified atom stereocenters. The van der Waals surface area contributed by atoms with Crippen LogP contribution in [0.25, 0.3) is 11.5 Å². The molecule has 1 N–H and O–H groups in total. The van der Waals surface area contributed by atoms with Gasteiger partial charge in [-0.25, -0.2) is 4.98 Å². The lowest BCUT2D eigenvalue weighted by atomic mass is 9.95. The normalized spacial score (nSPS) is 19.5. The third-order valence-corrected chi connectivity index (χ3v) is 6.77. The molecule has 1 saturated carbocycles. The molecule has 1 aromatic carbocycles. The van der Waals surface area contributed by atoms with Gasteiger partial charge < -0.3 is 9.73 Å². The van der Waals surface area contributed by atoms with Crippen LogP contribution in [0.3, 0.4) is 0 Å². The zero-order valence-electron chi connectivity index (χ0n) is 17.8. The maximum absolute atomic E-state index is 12.7. The van der Waals surface area contributed by atoms with Gasteiger partial charge in [0, 0.05) is 29.1 Å². The van der Waals surface area contributed by atoms with Crippen molar-refractivity contribution in [2.45, 2.75) is 70.9 Å². The summed E-state index contributed by atoms with van der Waals surface area (Å²) in [6.45, 7) is 4.57. The zero-order chi connectivity index (χ0) is 20.9. The molecule has 1 aromatic heterocycles. The van der Waals surface area contributed by atoms with Crippen LogP contribution in [0.5, 0.6) is 0 Å². The second-order valence-corrected chi connectivity index (χ2v) is 9.21. The van der Waals surface area contributed by atoms with E-state index < -0.39 is 0 Å². The van der Waals surface area contributed by atoms with Gasteiger partial charge in [0.05, 0.1) is 5.69 Å². The first-order chi connectivity index (χ1) is 14.6. The number of nitrogens with one attached hydrogen (secondary N) is 1. The van der Waals surface area contributed by atoms with E-state index in [0.29, 0.717) is 17.0 Å². The third kappa shape index (κ3) is 5.44. The highest BCUT2D eigenvalue weighted by molar-refractivity contribution is 6.30. The number of rotatable bonds is 5. The molecule has 2 fully saturated rings. The summed E-state index contributed by atoms with van der Waals surface area (Å²) in [4.78, 5) is 19.8. The minimum Gasteiger partial charge on any atom is -0.441 e. The van der Waals surface area contributed by atoms with E-state index in [-0.39, 0.29) is 11.8 Å². The van der Waals surface area contributed by atoms with Crippen LogP contribution in [0.15, 0.2) is 28.7 Å². The lowest BCUT2D eigenvalue weighted by Gasteiger charge is -2.31. The van der Waals surface area contributed by atoms with Crippen molar-refractivity contribution in [3.05, 3.63) is 40.7 Å². The summed E-state index contributed by atoms with van der Waals surface area (Å²) >= 11 is 5.97. The molecule has 30 heavy (non-hydrogen) atoms. The lowest BCUT2D eigenvalue weighted by Crippen LogP contribution is -2.43. The molecule has 0 radical (unpaired) electrons. The third-order valence-electron chi connectivity index (χ3n) is 6.52. The summed E-state index contributed by atoms with van der Waals surface area (Å²) in [6.07, 6.45) is 9.24. The molecular weight excluding hydrogens is 398 g/mol. The van der Waals surface area contributed by atoms with E-state index >= 15 is 0 Å². The van der Waals surface area contributed by atoms with E-state index in [9.17, 15) is 4.79 Å². The molecule has 4 rings (SSSR count). The van der Waals surface area contributed by atoms with Gasteiger partial charge in [0.15, 0.2) is 0 Å². The Morgan fingerprint density at radius 1 is 1.10 bits per heavy atom. The first-order valence-corrected chi connectivity index (χ1v) is 11.7. The Labute approximate surface area is 184 Å². The maximum Gasteiger partial charge on any atom is 0.226 e. The SMILES string of the molecule is Cc1oc(-c2ccc(Cl)cc2)nc1CN1CCC(C(=O)NC2CCCCCC2)CC1. The average Bonchev–Trinajstić information content (AvgIpc) is 2.94. The molecule has 1 aliphatic heterocycles. The van der Waals surface area contributed by atoms with Crippen LogP contribution < -0.4 is 5.32 Å². The molecule has 2 heterocycles. The number of hydrogen-bond acceptors (Lipinski definition) is 4. The second kappa shape index (κ2) is 9.97. The minimum atomic E-state index is 0.146. The number of hydrogen-bond donors (Lipinski definition) is 1. The summed E-state index contributed by atoms with van der Waals surface area (Å²) in [6, 6.07) is 7.94. The van der Waals surface area contributed by atoms with Crippen LogP contribution >= 0.6 is 11.6 Å². The highest BCUT2D eigenvalue weighted by atomic mass is 35.5. The van der Waals surface area contributed by atoms with E-state index in [1.54, 1.807) is 0 Å². The van der Waals surface area contributed by atoms with Crippen molar-refractivity contribution in [2.75, 3.05) is 13.1 Å². The molecule has 1 amide bonds. The predicted molar refractivity (Wildman–Crippen MR) is 119 cm³/mol. The highest BCUT2D eigenvalue weighted by Crippen LogP contribution is 2.26. The Morgan fingerprint density at radius 2 is 1.77 bits per heavy atom. The van der Waals surface area contributed by atoms with Gasteiger partial charge in [0.1, 0.15) is 5.76 Å². The summed E-state index contributed by atoms with van der Waals surface area (Å²) in [5, 5.41) is 4.04. The number of piperidine rings is 1. The molecule has 2 aromatic rings. The Kier molecular flexibility index (Phi) is 7.11. The van der Waals surface area contributed by atoms with Crippen LogP contribution in [0.1, 0.15) is 62.8 Å². The fourth-order valence-electron chi connectivity index (χ4n) is 4.60. The Morgan fingerprint density at radius 3 is 2.43 bits per heavy atom. The van der Waals surface area contributed by atoms with Crippen molar-refractivity contribution in [3.63, 3.8) is 0 Å². The van der Waals surface area contributed by atoms with Gasteiger partial charge in [-0.15, -0.1) is 0 Å². The number of halogens is 1. The van der Waals surface area contributed by atoms with Crippen molar-refractivity contribution in [1.82, 2.24) is 15.2 Å². The molecule has 1 saturated heterocycles. The first kappa shape index (κ1) is 21.4. The van der Waals surface area contributed by atoms with Crippen molar-refractivity contribution in [1.29, 1.82) is 0 Å². The number of aromatic nitrogens is 1. The highest BCUT2D eigenvalue weighted by Gasteiger charge is 2.27. The Hall–Kier alpha value is -1.85. The fraction of sp³-hybridized carbons (Fsp3) is 0.583. The Balaban J connectivity index is 1.28. The van der Waals surface area contributed by atoms with Gasteiger partial charge in [0.25, 0.3) is 0 Å². The number of aryl methyl sites for hydroxylation is 1. The number of nitrogens with zero attached hydrogens (tertiary/aromatic N) is 2. The number of oxazole rings is 1. The van der Waals surface area contributed by atoms with Crippen LogP contribution in [0.4, 0.5) is 0 Å². The van der Waals surface area contributed by atoms with E-state index in [2.05, 4.69) is 10.2 Å². The molecule has 2 aliphatic rings. The molecule has 5 nitrogen and oxygen atoms in total. The maximum atomic E-state index is 12.7. The van der Waals surface area contributed by atoms with Crippen LogP contribution in [-0.2, 0) is 11.3 Å². The van der Waals surface area contributed by atoms with E-state index in [0.717, 1.165) is 62.3 Å². The fourth-order valence-corrected chi connectivity index (χ4v) is 4.72. The minimum absolute atomic E-state index is 0.146. The number of carbonyl (C=O) groups is 1. The number of amides is 1. The lowest BCUT2D eigenvalue weighted by molar-refractivity contribution is -0.127. The molecule has 0 atom stereocenters. The van der Waals surface area contributed by atoms with Crippen molar-refractivity contribution < 1.29 is 9.21 Å². The zero-order valence-corrected chi connectivity index (χ0v) is 18.6. The summed E-state index contributed by atoms with van der Waals surface area (Å²) in [5.74, 6) is 1.90. The van der Waals surface area contributed by atoms with Gasteiger partial charge in [-0.1, -0.05) is 37.3 Å². The van der Waals surface area contributed by atoms with Crippen molar-refractivity contribution in [3.8, 4) is 11.5 Å². The summed E-state index contributed by atoms with van der Waals surface area (Å²) in [7, 11) is 0. The van der Waals surface area contributed by atoms with Crippen molar-refractivity contribution in [2.24, 2.45) is 5.92 Å². The first-order valence-electron chi connectivity index (χ1n) is 11.3. The Bertz CT molecular complexity index is 833. The summed E-state index contributed by atoms with van der Waals surface area (Å²) < 4.78 is 5.89. The van der Waals surface area contributed by atoms with Crippen LogP contribution in [0.2, 0.25) is 5.02 Å². The smallest absolute Gasteiger partial charge is 0.226 e. The average molecular weight is 430 g/mol. The molecule has 6 heteroatoms. The van der Waals surface area contributed by atoms with Crippen LogP contribution in [-0.4, -0.2) is 34.9 Å². The second-order valence-electron chi connectivity index (χ2n) is 8.78. The van der Waals surface area contributed by atoms with Crippen molar-refractivity contribution >= 4 is 17.5 Å². The number of likely N-dealkylation sites (tertiary alicyclic amines) is 1. The van der Waals surface area contributed by atoms with Gasteiger partial charge in [-0.05, 0) is 70.0 Å². The topological polar surface area (TPSA) is 58.4 Å². The number of carbonyl (C=O) groups excluding carboxylic acids is 1. The summed E-state index contributed by atoms with van der Waals surface area (Å²) in [5.41, 5.74) is 1.91. The van der Waals surface area contributed by atoms with E-state index in [1.165, 1.54) is 25.7 Å². The molecule has 0 bridgehead atoms. The monoisotopic (exact) mass is 429 g/mol. The van der Waals surface area contributed by atoms with Gasteiger partial charge >= 0.3 is 0 Å². The van der Waals surface area contributed by atoms with Crippen LogP contribution in [0, 0.1) is 12.8 Å².